The summed E-state index contributed by atoms with van der Waals surface area (Å²) in [5.74, 6) is 1.17. The van der Waals surface area contributed by atoms with Gasteiger partial charge in [-0.25, -0.2) is 18.6 Å². The van der Waals surface area contributed by atoms with Crippen LogP contribution in [0.2, 0.25) is 0 Å². The monoisotopic (exact) mass is 469 g/mol. The number of aromatic nitrogens is 3. The summed E-state index contributed by atoms with van der Waals surface area (Å²) < 4.78 is 27.9. The van der Waals surface area contributed by atoms with Crippen molar-refractivity contribution >= 4 is 13.6 Å². The molecular weight excluding hydrogens is 447 g/mol. The molecule has 0 atom stereocenters. The maximum absolute atomic E-state index is 10.9. The topological polar surface area (TPSA) is 145 Å². The smallest absolute Gasteiger partial charge is 0.472 e. The highest BCUT2D eigenvalue weighted by molar-refractivity contribution is 7.46. The molecule has 33 heavy (non-hydrogen) atoms. The number of phosphoric ester groups is 1. The zero-order chi connectivity index (χ0) is 23.3. The normalized spacial score (nSPS) is 11.5. The van der Waals surface area contributed by atoms with Gasteiger partial charge in [0.25, 0.3) is 5.82 Å². The largest absolute Gasteiger partial charge is 0.473 e. The van der Waals surface area contributed by atoms with Crippen molar-refractivity contribution in [3.05, 3.63) is 89.9 Å². The van der Waals surface area contributed by atoms with Gasteiger partial charge >= 0.3 is 7.82 Å². The van der Waals surface area contributed by atoms with Crippen molar-refractivity contribution in [2.75, 3.05) is 5.73 Å². The van der Waals surface area contributed by atoms with Crippen LogP contribution in [0.5, 0.6) is 5.88 Å². The van der Waals surface area contributed by atoms with Crippen molar-refractivity contribution in [2.24, 2.45) is 0 Å². The van der Waals surface area contributed by atoms with Gasteiger partial charge in [-0.2, -0.15) is 0 Å². The predicted octanol–water partition coefficient (Wildman–Crippen LogP) is 2.84. The molecule has 4 aromatic rings. The Kier molecular flexibility index (Phi) is 6.81. The Labute approximate surface area is 189 Å². The van der Waals surface area contributed by atoms with Gasteiger partial charge in [-0.1, -0.05) is 41.6 Å². The molecule has 0 saturated heterocycles. The summed E-state index contributed by atoms with van der Waals surface area (Å²) in [6, 6.07) is 18.7. The van der Waals surface area contributed by atoms with Crippen molar-refractivity contribution in [3.8, 4) is 17.2 Å². The molecule has 0 fully saturated rings. The van der Waals surface area contributed by atoms with Crippen LogP contribution in [0.25, 0.3) is 11.3 Å². The molecule has 10 nitrogen and oxygen atoms in total. The molecule has 0 bridgehead atoms. The van der Waals surface area contributed by atoms with E-state index in [-0.39, 0.29) is 5.82 Å². The number of phosphoric acid groups is 1. The molecule has 0 unspecified atom stereocenters. The van der Waals surface area contributed by atoms with Crippen LogP contribution in [0.15, 0.2) is 77.6 Å². The zero-order valence-electron chi connectivity index (χ0n) is 17.4. The number of rotatable bonds is 9. The van der Waals surface area contributed by atoms with E-state index in [0.29, 0.717) is 35.9 Å². The quantitative estimate of drug-likeness (QED) is 0.249. The van der Waals surface area contributed by atoms with Gasteiger partial charge in [0.05, 0.1) is 11.9 Å². The lowest BCUT2D eigenvalue weighted by molar-refractivity contribution is -0.711. The molecule has 0 aliphatic heterocycles. The first-order chi connectivity index (χ1) is 15.9. The van der Waals surface area contributed by atoms with E-state index in [9.17, 15) is 4.57 Å². The molecule has 0 aliphatic carbocycles. The third-order valence-electron chi connectivity index (χ3n) is 4.72. The highest BCUT2D eigenvalue weighted by atomic mass is 31.2. The van der Waals surface area contributed by atoms with Gasteiger partial charge in [0.2, 0.25) is 12.6 Å². The van der Waals surface area contributed by atoms with Crippen molar-refractivity contribution in [2.45, 2.75) is 19.8 Å². The summed E-state index contributed by atoms with van der Waals surface area (Å²) in [5, 5.41) is 4.09. The third-order valence-corrected chi connectivity index (χ3v) is 5.17. The molecule has 0 radical (unpaired) electrons. The van der Waals surface area contributed by atoms with Crippen LogP contribution >= 0.6 is 7.82 Å². The molecule has 0 spiro atoms. The van der Waals surface area contributed by atoms with E-state index in [1.54, 1.807) is 36.7 Å². The summed E-state index contributed by atoms with van der Waals surface area (Å²) in [4.78, 5) is 22.1. The summed E-state index contributed by atoms with van der Waals surface area (Å²) >= 11 is 0. The average Bonchev–Trinajstić information content (AvgIpc) is 3.26. The van der Waals surface area contributed by atoms with Crippen LogP contribution in [0.1, 0.15) is 16.8 Å². The van der Waals surface area contributed by atoms with Gasteiger partial charge in [-0.15, -0.1) is 0 Å². The van der Waals surface area contributed by atoms with Gasteiger partial charge in [0.1, 0.15) is 12.2 Å². The summed E-state index contributed by atoms with van der Waals surface area (Å²) in [5.41, 5.74) is 9.29. The number of ether oxygens (including phenoxy) is 1. The van der Waals surface area contributed by atoms with Crippen LogP contribution in [0, 0.1) is 0 Å². The van der Waals surface area contributed by atoms with Crippen LogP contribution < -0.4 is 15.0 Å². The second-order valence-electron chi connectivity index (χ2n) is 7.16. The van der Waals surface area contributed by atoms with E-state index in [0.717, 1.165) is 11.1 Å². The van der Waals surface area contributed by atoms with E-state index in [1.165, 1.54) is 4.57 Å². The molecule has 1 aromatic carbocycles. The summed E-state index contributed by atoms with van der Waals surface area (Å²) in [6.07, 6.45) is 3.75. The maximum atomic E-state index is 10.9. The molecule has 4 rings (SSSR count). The zero-order valence-corrected chi connectivity index (χ0v) is 18.3. The van der Waals surface area contributed by atoms with Crippen molar-refractivity contribution in [1.82, 2.24) is 10.1 Å². The number of benzene rings is 1. The third kappa shape index (κ3) is 6.24. The minimum absolute atomic E-state index is 0.218. The maximum Gasteiger partial charge on any atom is 0.472 e. The predicted molar refractivity (Wildman–Crippen MR) is 117 cm³/mol. The number of anilines is 1. The Bertz CT molecular complexity index is 1260. The van der Waals surface area contributed by atoms with E-state index < -0.39 is 14.6 Å². The highest BCUT2D eigenvalue weighted by Crippen LogP contribution is 2.35. The Morgan fingerprint density at radius 1 is 1.06 bits per heavy atom. The number of nitrogen functional groups attached to an aromatic ring is 1. The van der Waals surface area contributed by atoms with Crippen molar-refractivity contribution < 1.29 is 32.7 Å². The number of hydrogen-bond donors (Lipinski definition) is 3. The lowest BCUT2D eigenvalue weighted by Gasteiger charge is -2.07. The standard InChI is InChI=1S/C22H21N4O6P/c23-22-19(7-4-10-26(22)15-31-33(27,28)29)20-12-18(25-32-20)11-17-8-9-21(24-13-17)30-14-16-5-2-1-3-6-16/h1-10,12-13,23H,11,14-15H2,(H2,27,28,29)/p+1. The van der Waals surface area contributed by atoms with Crippen LogP contribution in [-0.2, 0) is 28.8 Å². The first kappa shape index (κ1) is 22.6. The van der Waals surface area contributed by atoms with Gasteiger partial charge in [0.15, 0.2) is 5.76 Å². The number of nitrogens with two attached hydrogens (primary N) is 1. The Hall–Kier alpha value is -3.56. The molecule has 3 heterocycles. The molecule has 4 N–H and O–H groups in total. The van der Waals surface area contributed by atoms with Crippen molar-refractivity contribution in [1.29, 1.82) is 0 Å². The fourth-order valence-corrected chi connectivity index (χ4v) is 3.36. The molecule has 170 valence electrons. The lowest BCUT2D eigenvalue weighted by Crippen LogP contribution is -2.38. The van der Waals surface area contributed by atoms with Crippen LogP contribution in [-0.4, -0.2) is 19.9 Å². The van der Waals surface area contributed by atoms with E-state index in [4.69, 9.17) is 24.8 Å². The highest BCUT2D eigenvalue weighted by Gasteiger charge is 2.20. The van der Waals surface area contributed by atoms with Crippen LogP contribution in [0.3, 0.4) is 0 Å². The van der Waals surface area contributed by atoms with Gasteiger partial charge in [-0.3, -0.25) is 5.73 Å². The van der Waals surface area contributed by atoms with Gasteiger partial charge < -0.3 is 19.0 Å². The fraction of sp³-hybridized carbons (Fsp3) is 0.136. The number of pyridine rings is 2. The number of nitrogens with zero attached hydrogens (tertiary/aromatic N) is 3. The fourth-order valence-electron chi connectivity index (χ4n) is 3.09. The lowest BCUT2D eigenvalue weighted by atomic mass is 10.1. The first-order valence-corrected chi connectivity index (χ1v) is 11.5. The SMILES string of the molecule is Nc1c(-c2cc(Cc3ccc(OCc4ccccc4)nc3)no2)ccc[n+]1COP(=O)(O)O. The van der Waals surface area contributed by atoms with Gasteiger partial charge in [0, 0.05) is 24.8 Å². The van der Waals surface area contributed by atoms with E-state index in [1.807, 2.05) is 36.4 Å². The molecule has 0 aliphatic rings. The Morgan fingerprint density at radius 2 is 1.88 bits per heavy atom. The van der Waals surface area contributed by atoms with E-state index >= 15 is 0 Å². The minimum atomic E-state index is -4.62. The molecular formula is C22H22N4O6P+. The van der Waals surface area contributed by atoms with Crippen molar-refractivity contribution in [3.63, 3.8) is 0 Å². The summed E-state index contributed by atoms with van der Waals surface area (Å²) in [7, 11) is -4.62. The summed E-state index contributed by atoms with van der Waals surface area (Å²) in [6.45, 7) is 0.0346. The van der Waals surface area contributed by atoms with Gasteiger partial charge in [-0.05, 0) is 23.3 Å². The Balaban J connectivity index is 1.40. The second kappa shape index (κ2) is 9.93. The average molecular weight is 469 g/mol. The molecule has 0 amide bonds. The Morgan fingerprint density at radius 3 is 2.61 bits per heavy atom. The first-order valence-electron chi connectivity index (χ1n) is 9.93. The molecule has 3 aromatic heterocycles. The molecule has 11 heteroatoms. The second-order valence-corrected chi connectivity index (χ2v) is 8.40. The molecule has 0 saturated carbocycles. The number of hydrogen-bond acceptors (Lipinski definition) is 7. The van der Waals surface area contributed by atoms with Crippen LogP contribution in [0.4, 0.5) is 5.82 Å². The minimum Gasteiger partial charge on any atom is -0.473 e. The van der Waals surface area contributed by atoms with E-state index in [2.05, 4.69) is 14.7 Å².